The number of ether oxygens (including phenoxy) is 2. The highest BCUT2D eigenvalue weighted by Crippen LogP contribution is 2.76. The molecule has 3 amide bonds. The van der Waals surface area contributed by atoms with Gasteiger partial charge in [-0.05, 0) is 173 Å². The molecule has 0 aromatic heterocycles. The van der Waals surface area contributed by atoms with Crippen LogP contribution in [0.1, 0.15) is 149 Å². The van der Waals surface area contributed by atoms with Crippen LogP contribution in [0.25, 0.3) is 5.57 Å². The Balaban J connectivity index is 1.11. The molecule has 0 spiro atoms. The number of hydrogen-bond donors (Lipinski definition) is 3. The number of urea groups is 1. The van der Waals surface area contributed by atoms with Crippen molar-refractivity contribution < 1.29 is 23.9 Å². The van der Waals surface area contributed by atoms with Gasteiger partial charge in [0, 0.05) is 12.1 Å². The van der Waals surface area contributed by atoms with Crippen molar-refractivity contribution in [2.24, 2.45) is 51.2 Å². The molecule has 6 aliphatic carbocycles. The van der Waals surface area contributed by atoms with Crippen LogP contribution in [0.3, 0.4) is 0 Å². The van der Waals surface area contributed by atoms with Gasteiger partial charge >= 0.3 is 18.1 Å². The lowest BCUT2D eigenvalue weighted by atomic mass is 9.33. The van der Waals surface area contributed by atoms with Gasteiger partial charge in [0.05, 0.1) is 18.2 Å². The van der Waals surface area contributed by atoms with Gasteiger partial charge < -0.3 is 25.4 Å². The lowest BCUT2D eigenvalue weighted by Gasteiger charge is -2.72. The van der Waals surface area contributed by atoms with Crippen LogP contribution in [-0.2, 0) is 9.47 Å². The number of carbonyl (C=O) groups excluding carboxylic acids is 3. The molecule has 0 unspecified atom stereocenters. The highest BCUT2D eigenvalue weighted by atomic mass is 16.6. The summed E-state index contributed by atoms with van der Waals surface area (Å²) in [6.07, 6.45) is 13.8. The SMILES string of the molecule is C=C(C)[C@@H]1CC[C@]2(NC(=O)NCC3(NC(=O)OC(C)(C)C)CC3)CC[C@]3(C)[C@H](CC[C@@H]4[C@@]5(C)CC=C(c6ccc(C(=O)OC)cc6)C(C)(C)[C@@H]5CC[C@]43C)[C@@H]12. The van der Waals surface area contributed by atoms with E-state index in [2.05, 4.69) is 82.3 Å². The van der Waals surface area contributed by atoms with Crippen molar-refractivity contribution in [3.05, 3.63) is 53.6 Å². The number of hydrogen-bond acceptors (Lipinski definition) is 5. The van der Waals surface area contributed by atoms with E-state index < -0.39 is 17.2 Å². The minimum Gasteiger partial charge on any atom is -0.465 e. The zero-order valence-electron chi connectivity index (χ0n) is 35.5. The number of rotatable bonds is 7. The Morgan fingerprint density at radius 1 is 0.836 bits per heavy atom. The number of esters is 1. The van der Waals surface area contributed by atoms with E-state index in [9.17, 15) is 14.4 Å². The lowest BCUT2D eigenvalue weighted by Crippen LogP contribution is -2.69. The number of amides is 3. The fraction of sp³-hybridized carbons (Fsp3) is 0.723. The molecule has 8 heteroatoms. The Hall–Kier alpha value is -3.29. The monoisotopic (exact) mass is 756 g/mol. The molecule has 0 aliphatic heterocycles. The Bertz CT molecular complexity index is 1750. The number of benzene rings is 1. The summed E-state index contributed by atoms with van der Waals surface area (Å²) < 4.78 is 10.5. The number of allylic oxidation sites excluding steroid dienone is 3. The minimum atomic E-state index is -0.569. The highest BCUT2D eigenvalue weighted by molar-refractivity contribution is 5.90. The maximum atomic E-state index is 13.9. The first-order valence-corrected chi connectivity index (χ1v) is 21.3. The Morgan fingerprint density at radius 3 is 2.15 bits per heavy atom. The summed E-state index contributed by atoms with van der Waals surface area (Å²) in [5.41, 5.74) is 3.72. The summed E-state index contributed by atoms with van der Waals surface area (Å²) in [5.74, 6) is 2.13. The van der Waals surface area contributed by atoms with Crippen molar-refractivity contribution >= 4 is 23.7 Å². The predicted octanol–water partition coefficient (Wildman–Crippen LogP) is 10.2. The topological polar surface area (TPSA) is 106 Å². The molecule has 0 saturated heterocycles. The maximum Gasteiger partial charge on any atom is 0.408 e. The zero-order chi connectivity index (χ0) is 40.0. The maximum absolute atomic E-state index is 13.9. The molecule has 0 bridgehead atoms. The molecule has 0 radical (unpaired) electrons. The van der Waals surface area contributed by atoms with Crippen LogP contribution in [0.15, 0.2) is 42.5 Å². The summed E-state index contributed by atoms with van der Waals surface area (Å²) in [6, 6.07) is 7.90. The standard InChI is InChI=1S/C47H69N3O5/c1-29(2)32-18-23-47(49-39(52)48-28-46(25-26-46)50-40(53)55-41(3,4)5)27-24-44(9)34(37(32)47)16-17-36-43(8)21-19-33(30-12-14-31(15-13-30)38(51)54-11)42(6,7)35(43)20-22-45(36,44)10/h12-15,19,32,34-37H,1,16-18,20-28H2,2-11H3,(H,50,53)(H2,48,49,52)/t32-,34+,35-,36+,37+,43-,44+,45+,47-/m0/s1. The number of methoxy groups -OCH3 is 1. The number of alkyl carbamates (subject to hydrolysis) is 1. The number of nitrogens with one attached hydrogen (secondary N) is 3. The van der Waals surface area contributed by atoms with Crippen molar-refractivity contribution in [1.29, 1.82) is 0 Å². The van der Waals surface area contributed by atoms with Crippen LogP contribution in [0.2, 0.25) is 0 Å². The second-order valence-corrected chi connectivity index (χ2v) is 21.2. The van der Waals surface area contributed by atoms with Crippen LogP contribution < -0.4 is 16.0 Å². The molecule has 0 heterocycles. The average Bonchev–Trinajstić information content (AvgIpc) is 3.75. The van der Waals surface area contributed by atoms with Crippen LogP contribution in [-0.4, -0.2) is 48.4 Å². The zero-order valence-corrected chi connectivity index (χ0v) is 35.5. The third-order valence-electron chi connectivity index (χ3n) is 16.8. The van der Waals surface area contributed by atoms with E-state index in [1.807, 2.05) is 32.9 Å². The van der Waals surface area contributed by atoms with Crippen LogP contribution >= 0.6 is 0 Å². The lowest BCUT2D eigenvalue weighted by molar-refractivity contribution is -0.218. The van der Waals surface area contributed by atoms with Crippen molar-refractivity contribution in [2.75, 3.05) is 13.7 Å². The van der Waals surface area contributed by atoms with E-state index in [-0.39, 0.29) is 39.2 Å². The first kappa shape index (κ1) is 39.9. The average molecular weight is 756 g/mol. The summed E-state index contributed by atoms with van der Waals surface area (Å²) in [4.78, 5) is 38.6. The van der Waals surface area contributed by atoms with E-state index in [0.29, 0.717) is 41.7 Å². The molecular weight excluding hydrogens is 687 g/mol. The quantitative estimate of drug-likeness (QED) is 0.190. The van der Waals surface area contributed by atoms with Crippen LogP contribution in [0.4, 0.5) is 9.59 Å². The van der Waals surface area contributed by atoms with Gasteiger partial charge in [-0.25, -0.2) is 14.4 Å². The molecule has 9 atom stereocenters. The summed E-state index contributed by atoms with van der Waals surface area (Å²) in [5, 5.41) is 9.86. The first-order chi connectivity index (χ1) is 25.6. The van der Waals surface area contributed by atoms with Crippen LogP contribution in [0, 0.1) is 51.2 Å². The molecular formula is C47H69N3O5. The van der Waals surface area contributed by atoms with E-state index >= 15 is 0 Å². The fourth-order valence-electron chi connectivity index (χ4n) is 13.9. The van der Waals surface area contributed by atoms with Gasteiger partial charge in [0.25, 0.3) is 0 Å². The summed E-state index contributed by atoms with van der Waals surface area (Å²) >= 11 is 0. The Labute approximate surface area is 330 Å². The second-order valence-electron chi connectivity index (χ2n) is 21.2. The third-order valence-corrected chi connectivity index (χ3v) is 16.8. The molecule has 3 N–H and O–H groups in total. The molecule has 7 rings (SSSR count). The largest absolute Gasteiger partial charge is 0.465 e. The molecule has 5 saturated carbocycles. The van der Waals surface area contributed by atoms with Gasteiger partial charge in [-0.15, -0.1) is 0 Å². The van der Waals surface area contributed by atoms with E-state index in [0.717, 1.165) is 44.9 Å². The second kappa shape index (κ2) is 13.4. The molecule has 302 valence electrons. The highest BCUT2D eigenvalue weighted by Gasteiger charge is 2.70. The normalized spacial score (nSPS) is 38.1. The molecule has 8 nitrogen and oxygen atoms in total. The molecule has 1 aromatic rings. The van der Waals surface area contributed by atoms with Crippen LogP contribution in [0.5, 0.6) is 0 Å². The van der Waals surface area contributed by atoms with Gasteiger partial charge in [-0.2, -0.15) is 0 Å². The molecule has 1 aromatic carbocycles. The van der Waals surface area contributed by atoms with Crippen molar-refractivity contribution in [3.8, 4) is 0 Å². The fourth-order valence-corrected chi connectivity index (χ4v) is 13.9. The number of fused-ring (bicyclic) bond motifs is 7. The van der Waals surface area contributed by atoms with Crippen molar-refractivity contribution in [2.45, 2.75) is 150 Å². The molecule has 5 fully saturated rings. The Morgan fingerprint density at radius 2 is 1.53 bits per heavy atom. The van der Waals surface area contributed by atoms with Gasteiger partial charge in [-0.1, -0.05) is 65.0 Å². The van der Waals surface area contributed by atoms with Gasteiger partial charge in [-0.3, -0.25) is 0 Å². The van der Waals surface area contributed by atoms with Gasteiger partial charge in [0.1, 0.15) is 5.60 Å². The molecule has 55 heavy (non-hydrogen) atoms. The predicted molar refractivity (Wildman–Crippen MR) is 218 cm³/mol. The van der Waals surface area contributed by atoms with Crippen molar-refractivity contribution in [1.82, 2.24) is 16.0 Å². The minimum absolute atomic E-state index is 0.00413. The Kier molecular flexibility index (Phi) is 9.73. The van der Waals surface area contributed by atoms with Crippen molar-refractivity contribution in [3.63, 3.8) is 0 Å². The smallest absolute Gasteiger partial charge is 0.408 e. The summed E-state index contributed by atoms with van der Waals surface area (Å²) in [6.45, 7) is 25.6. The third kappa shape index (κ3) is 6.53. The van der Waals surface area contributed by atoms with E-state index in [4.69, 9.17) is 9.47 Å². The van der Waals surface area contributed by atoms with E-state index in [1.54, 1.807) is 0 Å². The molecule has 6 aliphatic rings. The first-order valence-electron chi connectivity index (χ1n) is 21.3. The summed E-state index contributed by atoms with van der Waals surface area (Å²) in [7, 11) is 1.43. The van der Waals surface area contributed by atoms with E-state index in [1.165, 1.54) is 49.5 Å². The van der Waals surface area contributed by atoms with Gasteiger partial charge in [0.2, 0.25) is 0 Å². The number of carbonyl (C=O) groups is 3. The van der Waals surface area contributed by atoms with Gasteiger partial charge in [0.15, 0.2) is 0 Å².